The largest absolute Gasteiger partial charge is 0.295 e. The van der Waals surface area contributed by atoms with Crippen LogP contribution in [0.25, 0.3) is 87.2 Å². The van der Waals surface area contributed by atoms with Gasteiger partial charge in [-0.15, -0.1) is 11.3 Å². The first-order chi connectivity index (χ1) is 23.8. The maximum atomic E-state index is 5.31. The predicted octanol–water partition coefficient (Wildman–Crippen LogP) is 11.7. The molecule has 0 radical (unpaired) electrons. The SMILES string of the molecule is c1ccc(-c2nc(-c3ccc4c(c3)c3c5cccc6c5n(c3n4-c3ccccc3)-c3ccccc3S6)nc3c2sc2ccccc23)cc1. The Morgan fingerprint density at radius 1 is 0.542 bits per heavy atom. The smallest absolute Gasteiger partial charge is 0.160 e. The average molecular weight is 649 g/mol. The molecular weight excluding hydrogens is 625 g/mol. The first kappa shape index (κ1) is 26.4. The molecule has 0 bridgehead atoms. The Morgan fingerprint density at radius 2 is 1.29 bits per heavy atom. The molecule has 0 saturated heterocycles. The molecule has 224 valence electrons. The summed E-state index contributed by atoms with van der Waals surface area (Å²) in [5.41, 5.74) is 10.0. The molecule has 0 amide bonds. The molecule has 6 heteroatoms. The van der Waals surface area contributed by atoms with E-state index in [1.807, 2.05) is 11.8 Å². The molecule has 0 N–H and O–H groups in total. The number of hydrogen-bond acceptors (Lipinski definition) is 4. The van der Waals surface area contributed by atoms with Crippen LogP contribution >= 0.6 is 23.1 Å². The van der Waals surface area contributed by atoms with Gasteiger partial charge in [-0.2, -0.15) is 0 Å². The zero-order chi connectivity index (χ0) is 31.3. The minimum atomic E-state index is 0.738. The van der Waals surface area contributed by atoms with Gasteiger partial charge in [0.25, 0.3) is 0 Å². The standard InChI is InChI=1S/C42H24N4S2/c1-3-12-25(13-4-1)37-40-38(28-16-7-9-19-33(28)48-40)44-41(43-37)26-22-23-31-30(24-26)36-29-17-11-21-35-39(29)46(32-18-8-10-20-34(32)47-35)42(36)45(31)27-14-5-2-6-15-27/h1-24H. The van der Waals surface area contributed by atoms with E-state index < -0.39 is 0 Å². The molecule has 0 atom stereocenters. The highest BCUT2D eigenvalue weighted by atomic mass is 32.2. The van der Waals surface area contributed by atoms with Crippen molar-refractivity contribution in [3.63, 3.8) is 0 Å². The monoisotopic (exact) mass is 648 g/mol. The van der Waals surface area contributed by atoms with Crippen molar-refractivity contribution in [1.82, 2.24) is 19.1 Å². The molecule has 6 aromatic carbocycles. The van der Waals surface area contributed by atoms with Gasteiger partial charge in [-0.05, 0) is 54.6 Å². The molecule has 1 aliphatic heterocycles. The lowest BCUT2D eigenvalue weighted by Crippen LogP contribution is -2.05. The number of hydrogen-bond donors (Lipinski definition) is 0. The van der Waals surface area contributed by atoms with Crippen molar-refractivity contribution in [1.29, 1.82) is 0 Å². The lowest BCUT2D eigenvalue weighted by atomic mass is 10.1. The highest BCUT2D eigenvalue weighted by Gasteiger charge is 2.28. The Kier molecular flexibility index (Phi) is 5.45. The average Bonchev–Trinajstić information content (AvgIpc) is 3.80. The van der Waals surface area contributed by atoms with E-state index >= 15 is 0 Å². The van der Waals surface area contributed by atoms with Gasteiger partial charge in [0.2, 0.25) is 0 Å². The molecule has 10 aromatic rings. The molecule has 11 rings (SSSR count). The van der Waals surface area contributed by atoms with Crippen LogP contribution in [0.3, 0.4) is 0 Å². The van der Waals surface area contributed by atoms with E-state index in [0.29, 0.717) is 0 Å². The summed E-state index contributed by atoms with van der Waals surface area (Å²) in [7, 11) is 0. The predicted molar refractivity (Wildman–Crippen MR) is 201 cm³/mol. The van der Waals surface area contributed by atoms with Crippen molar-refractivity contribution in [2.45, 2.75) is 9.79 Å². The van der Waals surface area contributed by atoms with E-state index in [9.17, 15) is 0 Å². The van der Waals surface area contributed by atoms with Crippen LogP contribution in [-0.2, 0) is 0 Å². The van der Waals surface area contributed by atoms with Crippen LogP contribution in [-0.4, -0.2) is 19.1 Å². The number of nitrogens with zero attached hydrogens (tertiary/aromatic N) is 4. The fourth-order valence-electron chi connectivity index (χ4n) is 7.47. The molecular formula is C42H24N4S2. The summed E-state index contributed by atoms with van der Waals surface area (Å²) in [6.45, 7) is 0. The van der Waals surface area contributed by atoms with Gasteiger partial charge in [0.1, 0.15) is 5.65 Å². The Labute approximate surface area is 283 Å². The fourth-order valence-corrected chi connectivity index (χ4v) is 9.71. The first-order valence-corrected chi connectivity index (χ1v) is 17.6. The summed E-state index contributed by atoms with van der Waals surface area (Å²) in [5, 5.41) is 4.86. The first-order valence-electron chi connectivity index (χ1n) is 16.0. The topological polar surface area (TPSA) is 35.6 Å². The number of aromatic nitrogens is 4. The van der Waals surface area contributed by atoms with Crippen molar-refractivity contribution < 1.29 is 0 Å². The minimum Gasteiger partial charge on any atom is -0.295 e. The Morgan fingerprint density at radius 3 is 2.19 bits per heavy atom. The zero-order valence-corrected chi connectivity index (χ0v) is 27.1. The van der Waals surface area contributed by atoms with Crippen LogP contribution < -0.4 is 0 Å². The lowest BCUT2D eigenvalue weighted by Gasteiger charge is -2.21. The molecule has 0 unspecified atom stereocenters. The molecule has 0 fully saturated rings. The van der Waals surface area contributed by atoms with E-state index in [0.717, 1.165) is 44.1 Å². The Hall–Kier alpha value is -5.69. The van der Waals surface area contributed by atoms with Gasteiger partial charge in [-0.25, -0.2) is 9.97 Å². The van der Waals surface area contributed by atoms with Gasteiger partial charge in [-0.1, -0.05) is 103 Å². The molecule has 0 spiro atoms. The summed E-state index contributed by atoms with van der Waals surface area (Å²) in [4.78, 5) is 13.1. The number of benzene rings is 6. The van der Waals surface area contributed by atoms with Gasteiger partial charge in [0, 0.05) is 52.9 Å². The van der Waals surface area contributed by atoms with Crippen molar-refractivity contribution in [3.8, 4) is 34.0 Å². The summed E-state index contributed by atoms with van der Waals surface area (Å²) in [6.07, 6.45) is 0. The highest BCUT2D eigenvalue weighted by molar-refractivity contribution is 7.99. The quantitative estimate of drug-likeness (QED) is 0.191. The zero-order valence-electron chi connectivity index (χ0n) is 25.5. The van der Waals surface area contributed by atoms with Crippen molar-refractivity contribution in [2.75, 3.05) is 0 Å². The van der Waals surface area contributed by atoms with Crippen LogP contribution in [0.4, 0.5) is 0 Å². The Bertz CT molecular complexity index is 2920. The van der Waals surface area contributed by atoms with Gasteiger partial charge >= 0.3 is 0 Å². The molecule has 4 aromatic heterocycles. The van der Waals surface area contributed by atoms with E-state index in [4.69, 9.17) is 9.97 Å². The maximum absolute atomic E-state index is 5.31. The van der Waals surface area contributed by atoms with Crippen LogP contribution in [0.15, 0.2) is 155 Å². The third-order valence-electron chi connectivity index (χ3n) is 9.51. The van der Waals surface area contributed by atoms with E-state index in [2.05, 4.69) is 155 Å². The summed E-state index contributed by atoms with van der Waals surface area (Å²) in [5.74, 6) is 0.738. The second-order valence-electron chi connectivity index (χ2n) is 12.2. The van der Waals surface area contributed by atoms with Crippen molar-refractivity contribution >= 4 is 76.2 Å². The second kappa shape index (κ2) is 9.91. The third kappa shape index (κ3) is 3.61. The number of fused-ring (bicyclic) bond motifs is 10. The van der Waals surface area contributed by atoms with Crippen LogP contribution in [0.1, 0.15) is 0 Å². The van der Waals surface area contributed by atoms with E-state index in [-0.39, 0.29) is 0 Å². The summed E-state index contributed by atoms with van der Waals surface area (Å²) >= 11 is 3.62. The number of rotatable bonds is 3. The second-order valence-corrected chi connectivity index (χ2v) is 14.3. The molecule has 4 nitrogen and oxygen atoms in total. The fraction of sp³-hybridized carbons (Fsp3) is 0. The summed E-state index contributed by atoms with van der Waals surface area (Å²) < 4.78 is 7.25. The van der Waals surface area contributed by atoms with Gasteiger partial charge in [0.05, 0.1) is 32.6 Å². The van der Waals surface area contributed by atoms with Crippen LogP contribution in [0, 0.1) is 0 Å². The normalized spacial score (nSPS) is 12.5. The molecule has 5 heterocycles. The van der Waals surface area contributed by atoms with Crippen LogP contribution in [0.2, 0.25) is 0 Å². The van der Waals surface area contributed by atoms with Crippen molar-refractivity contribution in [2.24, 2.45) is 0 Å². The minimum absolute atomic E-state index is 0.738. The maximum Gasteiger partial charge on any atom is 0.160 e. The molecule has 48 heavy (non-hydrogen) atoms. The van der Waals surface area contributed by atoms with Gasteiger partial charge in [0.15, 0.2) is 5.82 Å². The highest BCUT2D eigenvalue weighted by Crippen LogP contribution is 2.50. The number of para-hydroxylation sites is 3. The number of thiophene rings is 1. The van der Waals surface area contributed by atoms with Gasteiger partial charge in [-0.3, -0.25) is 9.13 Å². The van der Waals surface area contributed by atoms with E-state index in [1.54, 1.807) is 11.3 Å². The van der Waals surface area contributed by atoms with Crippen molar-refractivity contribution in [3.05, 3.63) is 146 Å². The third-order valence-corrected chi connectivity index (χ3v) is 11.8. The molecule has 0 saturated carbocycles. The summed E-state index contributed by atoms with van der Waals surface area (Å²) in [6, 6.07) is 52.0. The van der Waals surface area contributed by atoms with Gasteiger partial charge < -0.3 is 0 Å². The van der Waals surface area contributed by atoms with E-state index in [1.165, 1.54) is 52.9 Å². The van der Waals surface area contributed by atoms with Crippen LogP contribution in [0.5, 0.6) is 0 Å². The Balaban J connectivity index is 1.26. The molecule has 0 aliphatic carbocycles. The molecule has 1 aliphatic rings. The lowest BCUT2D eigenvalue weighted by molar-refractivity contribution is 1.03.